The van der Waals surface area contributed by atoms with Crippen LogP contribution in [0.2, 0.25) is 64.5 Å². The van der Waals surface area contributed by atoms with Crippen molar-refractivity contribution in [2.24, 2.45) is 11.8 Å². The van der Waals surface area contributed by atoms with Gasteiger partial charge in [-0.3, -0.25) is 4.79 Å². The van der Waals surface area contributed by atoms with Gasteiger partial charge in [-0.1, -0.05) is 288 Å². The van der Waals surface area contributed by atoms with Crippen LogP contribution in [0.4, 0.5) is 0 Å². The summed E-state index contributed by atoms with van der Waals surface area (Å²) in [5.41, 5.74) is 1.92. The normalized spacial score (nSPS) is 27.8. The highest BCUT2D eigenvalue weighted by atomic mass is 32.2. The molecule has 0 radical (unpaired) electrons. The van der Waals surface area contributed by atoms with Gasteiger partial charge in [-0.2, -0.15) is 0 Å². The van der Waals surface area contributed by atoms with Crippen molar-refractivity contribution in [2.45, 2.75) is 353 Å². The highest BCUT2D eigenvalue weighted by molar-refractivity contribution is 7.92. The minimum Gasteiger partial charge on any atom is -0.414 e. The van der Waals surface area contributed by atoms with Crippen molar-refractivity contribution < 1.29 is 73.2 Å². The van der Waals surface area contributed by atoms with Crippen LogP contribution in [-0.2, 0) is 74.7 Å². The van der Waals surface area contributed by atoms with Crippen LogP contribution in [0.3, 0.4) is 0 Å². The zero-order valence-corrected chi connectivity index (χ0v) is 84.7. The van der Waals surface area contributed by atoms with Gasteiger partial charge < -0.3 is 60.0 Å². The molecular formula is C102H152O16SSi5. The monoisotopic (exact) mass is 1800 g/mol. The summed E-state index contributed by atoms with van der Waals surface area (Å²) >= 11 is 0. The maximum Gasteiger partial charge on any atom is 0.261 e. The predicted octanol–water partition coefficient (Wildman–Crippen LogP) is 19.9. The number of carbonyl (C=O) groups excluding carboxylic acids is 1. The molecule has 5 aromatic carbocycles. The number of fused-ring (bicyclic) bond motifs is 2. The second-order valence-electron chi connectivity index (χ2n) is 41.2. The van der Waals surface area contributed by atoms with Crippen LogP contribution in [-0.4, -0.2) is 192 Å². The van der Waals surface area contributed by atoms with Gasteiger partial charge in [0.25, 0.3) is 16.6 Å². The number of benzene rings is 5. The summed E-state index contributed by atoms with van der Waals surface area (Å²) < 4.78 is 131. The molecule has 20 atom stereocenters. The van der Waals surface area contributed by atoms with Crippen LogP contribution in [0.1, 0.15) is 175 Å². The molecule has 6 saturated heterocycles. The molecule has 16 nitrogen and oxygen atoms in total. The smallest absolute Gasteiger partial charge is 0.261 e. The minimum absolute atomic E-state index is 0.0166. The van der Waals surface area contributed by atoms with E-state index in [1.807, 2.05) is 12.2 Å². The number of rotatable bonds is 40. The summed E-state index contributed by atoms with van der Waals surface area (Å²) in [6.07, 6.45) is 1.43. The molecule has 6 fully saturated rings. The molecule has 0 amide bonds. The number of carbonyl (C=O) groups is 1. The maximum atomic E-state index is 17.2. The van der Waals surface area contributed by atoms with Gasteiger partial charge in [0.15, 0.2) is 40.6 Å². The first kappa shape index (κ1) is 99.6. The summed E-state index contributed by atoms with van der Waals surface area (Å²) in [6.45, 7) is 63.9. The van der Waals surface area contributed by atoms with Crippen molar-refractivity contribution in [3.8, 4) is 0 Å². The summed E-state index contributed by atoms with van der Waals surface area (Å²) in [5, 5.41) is 1.42. The third-order valence-corrected chi connectivity index (χ3v) is 55.0. The molecule has 0 saturated carbocycles. The Morgan fingerprint density at radius 2 is 1.07 bits per heavy atom. The van der Waals surface area contributed by atoms with E-state index in [9.17, 15) is 0 Å². The Balaban J connectivity index is 1.03. The average Bonchev–Trinajstić information content (AvgIpc) is 1.49. The van der Waals surface area contributed by atoms with E-state index in [4.69, 9.17) is 66.6 Å². The van der Waals surface area contributed by atoms with E-state index in [0.717, 1.165) is 56.4 Å². The summed E-state index contributed by atoms with van der Waals surface area (Å²) in [5.74, 6) is -1.57. The number of ether oxygens (including phenoxy) is 8. The van der Waals surface area contributed by atoms with Crippen molar-refractivity contribution in [1.82, 2.24) is 0 Å². The highest BCUT2D eigenvalue weighted by Gasteiger charge is 2.66. The first-order valence-electron chi connectivity index (χ1n) is 46.3. The summed E-state index contributed by atoms with van der Waals surface area (Å²) in [7, 11) is -17.2. The second-order valence-corrected chi connectivity index (χ2v) is 66.1. The highest BCUT2D eigenvalue weighted by Crippen LogP contribution is 2.52. The van der Waals surface area contributed by atoms with E-state index in [2.05, 4.69) is 284 Å². The van der Waals surface area contributed by atoms with Gasteiger partial charge in [0.05, 0.1) is 98.0 Å². The standard InChI is InChI=1S/C102H152O16SSi5/c1-26-62-107-63-46-47-75-65-72(7)85(109-75)60-58-76-64-71(6)73(8)87(110-76)69-88-91(92(106-21)89(112-88)68-78(115-121(24,25)100(12,13)14)70-108-120(22,23)99(9,10)11)98(119(104,105)79-48-36-31-37-49-79)84(103)66-77-59-61-86-93(111-77)97(118-124(102(18,19)20,82-54-42-34-43-55-82)83-56-44-35-45-57-83)96-95(113-86)94(90(114-96)67-74(27-2)116-122(28-3,29-4)30-5)117-123(101(15,16)17,80-50-38-32-39-51-80)81-52-40-33-41-53-81/h26-27,31-57,71,74-78,85-98H,1-2,7-8,28-30,58-70H2,3-6,9-25H3/b47-46+/t71-,74?,75+,76+,77-,78+,85+,86+,87-,88+,89-,90-,91+,92+,93+,94+,95+,96-,97+,98-/m1/s1. The van der Waals surface area contributed by atoms with E-state index in [0.29, 0.717) is 58.2 Å². The molecule has 0 bridgehead atoms. The summed E-state index contributed by atoms with van der Waals surface area (Å²) in [4.78, 5) is 17.2. The Labute approximate surface area is 751 Å². The van der Waals surface area contributed by atoms with E-state index >= 15 is 13.2 Å². The van der Waals surface area contributed by atoms with Crippen molar-refractivity contribution in [1.29, 1.82) is 0 Å². The fourth-order valence-corrected chi connectivity index (χ4v) is 36.6. The third kappa shape index (κ3) is 22.1. The molecule has 6 aliphatic rings. The number of Topliss-reactive ketones (excluding diaryl/α,β-unsaturated/α-hetero) is 1. The third-order valence-electron chi connectivity index (χ3n) is 29.1. The Kier molecular flexibility index (Phi) is 33.4. The molecule has 0 spiro atoms. The van der Waals surface area contributed by atoms with Gasteiger partial charge in [0, 0.05) is 45.1 Å². The number of methoxy groups -OCH3 is 1. The largest absolute Gasteiger partial charge is 0.414 e. The van der Waals surface area contributed by atoms with Gasteiger partial charge in [-0.05, 0) is 147 Å². The quantitative estimate of drug-likeness (QED) is 0.0206. The van der Waals surface area contributed by atoms with Crippen molar-refractivity contribution in [2.75, 3.05) is 26.9 Å². The molecular weight excluding hydrogens is 1650 g/mol. The fourth-order valence-electron chi connectivity index (χ4n) is 19.9. The lowest BCUT2D eigenvalue weighted by Crippen LogP contribution is -2.73. The van der Waals surface area contributed by atoms with Crippen LogP contribution in [0.25, 0.3) is 0 Å². The first-order chi connectivity index (χ1) is 58.6. The molecule has 11 rings (SSSR count). The van der Waals surface area contributed by atoms with Crippen molar-refractivity contribution in [3.05, 3.63) is 213 Å². The lowest BCUT2D eigenvalue weighted by Gasteiger charge is -2.53. The lowest BCUT2D eigenvalue weighted by molar-refractivity contribution is -0.254. The lowest BCUT2D eigenvalue weighted by atomic mass is 9.81. The molecule has 0 aliphatic carbocycles. The van der Waals surface area contributed by atoms with Gasteiger partial charge >= 0.3 is 0 Å². The zero-order valence-electron chi connectivity index (χ0n) is 78.9. The summed E-state index contributed by atoms with van der Waals surface area (Å²) in [6, 6.07) is 54.2. The first-order valence-corrected chi connectivity index (χ1v) is 60.0. The van der Waals surface area contributed by atoms with E-state index in [-0.39, 0.29) is 58.7 Å². The number of sulfone groups is 1. The Morgan fingerprint density at radius 3 is 1.57 bits per heavy atom. The van der Waals surface area contributed by atoms with Gasteiger partial charge in [0.2, 0.25) is 0 Å². The minimum atomic E-state index is -4.62. The van der Waals surface area contributed by atoms with Crippen molar-refractivity contribution >= 4 is 78.0 Å². The molecule has 22 heteroatoms. The SMILES string of the molecule is C=CCOC/C=C/[C@H]1CC(=C)[C@H](CC[C@H]2C[C@@H](C)C(=C)[C@@H](C[C@@H]3O[C@H](C[C@@H](CO[Si](C)(C)C(C)(C)C)O[Si](C)(C)C(C)(C)C)[C@H](OC)[C@H]3[C@@H](C(=O)C[C@H]3CC[C@@H]4O[C@@H]5[C@@H](O[C@H](CC(C=C)O[Si](CC)(CC)CC)[C@@H]5O[Si](c5ccccc5)(c5ccccc5)C(C)(C)C)[C@@H](O[Si](c5ccccc5)(c5ccccc5)C(C)(C)C)[C@H]4O3)S(=O)(=O)c3ccccc3)O2)O1. The molecule has 0 aromatic heterocycles. The van der Waals surface area contributed by atoms with E-state index in [1.165, 1.54) is 0 Å². The maximum absolute atomic E-state index is 17.2. The molecule has 6 aliphatic heterocycles. The topological polar surface area (TPSA) is 171 Å². The van der Waals surface area contributed by atoms with E-state index in [1.54, 1.807) is 43.5 Å². The van der Waals surface area contributed by atoms with Gasteiger partial charge in [0.1, 0.15) is 35.8 Å². The van der Waals surface area contributed by atoms with Gasteiger partial charge in [-0.15, -0.1) is 13.2 Å². The van der Waals surface area contributed by atoms with Crippen molar-refractivity contribution in [3.63, 3.8) is 0 Å². The Morgan fingerprint density at radius 1 is 0.556 bits per heavy atom. The number of ketones is 1. The van der Waals surface area contributed by atoms with Crippen LogP contribution in [0.15, 0.2) is 218 Å². The Bertz CT molecular complexity index is 4340. The van der Waals surface area contributed by atoms with Crippen LogP contribution >= 0.6 is 0 Å². The average molecular weight is 1810 g/mol. The number of hydrogen-bond donors (Lipinski definition) is 0. The Hall–Kier alpha value is -5.02. The van der Waals surface area contributed by atoms with Gasteiger partial charge in [-0.25, -0.2) is 8.42 Å². The molecule has 0 N–H and O–H groups in total. The molecule has 1 unspecified atom stereocenters. The number of hydrogen-bond acceptors (Lipinski definition) is 16. The molecule has 6 heterocycles. The van der Waals surface area contributed by atoms with E-state index < -0.39 is 164 Å². The molecule has 682 valence electrons. The predicted molar refractivity (Wildman–Crippen MR) is 515 cm³/mol. The fraction of sp³-hybridized carbons (Fsp3) is 0.598. The molecule has 124 heavy (non-hydrogen) atoms. The zero-order chi connectivity index (χ0) is 90.2. The van der Waals surface area contributed by atoms with Crippen LogP contribution in [0, 0.1) is 11.8 Å². The second kappa shape index (κ2) is 41.6. The van der Waals surface area contributed by atoms with Crippen LogP contribution < -0.4 is 20.7 Å². The molecule has 5 aromatic rings. The van der Waals surface area contributed by atoms with Crippen LogP contribution in [0.5, 0.6) is 0 Å².